The fourth-order valence-corrected chi connectivity index (χ4v) is 7.64. The summed E-state index contributed by atoms with van der Waals surface area (Å²) in [5.74, 6) is 1.56. The normalized spacial score (nSPS) is 18.2. The fourth-order valence-electron chi connectivity index (χ4n) is 7.64. The Morgan fingerprint density at radius 2 is 1.21 bits per heavy atom. The predicted octanol–water partition coefficient (Wildman–Crippen LogP) is 10.0. The summed E-state index contributed by atoms with van der Waals surface area (Å²) in [5, 5.41) is 0. The maximum Gasteiger partial charge on any atom is -0.00106 e. The third kappa shape index (κ3) is 3.90. The van der Waals surface area contributed by atoms with Crippen molar-refractivity contribution in [3.05, 3.63) is 142 Å². The molecule has 0 spiro atoms. The highest BCUT2D eigenvalue weighted by atomic mass is 14.3. The Hall–Kier alpha value is -3.64. The van der Waals surface area contributed by atoms with Crippen molar-refractivity contribution >= 4 is 0 Å². The Bertz CT molecular complexity index is 1610. The van der Waals surface area contributed by atoms with Crippen LogP contribution in [-0.4, -0.2) is 0 Å². The van der Waals surface area contributed by atoms with Gasteiger partial charge in [0.1, 0.15) is 0 Å². The summed E-state index contributed by atoms with van der Waals surface area (Å²) < 4.78 is 0. The summed E-state index contributed by atoms with van der Waals surface area (Å²) in [7, 11) is 0. The minimum Gasteiger partial charge on any atom is -0.0744 e. The van der Waals surface area contributed by atoms with E-state index in [2.05, 4.69) is 118 Å². The van der Waals surface area contributed by atoms with Gasteiger partial charge in [-0.3, -0.25) is 0 Å². The Morgan fingerprint density at radius 1 is 0.658 bits per heavy atom. The van der Waals surface area contributed by atoms with E-state index in [1.54, 1.807) is 22.3 Å². The largest absolute Gasteiger partial charge is 0.0744 e. The first-order chi connectivity index (χ1) is 18.6. The molecule has 0 N–H and O–H groups in total. The van der Waals surface area contributed by atoms with Crippen molar-refractivity contribution in [3.8, 4) is 22.3 Å². The smallest absolute Gasteiger partial charge is 0.00106 e. The highest BCUT2D eigenvalue weighted by Gasteiger charge is 2.30. The summed E-state index contributed by atoms with van der Waals surface area (Å²) in [4.78, 5) is 0. The summed E-state index contributed by atoms with van der Waals surface area (Å²) >= 11 is 0. The van der Waals surface area contributed by atoms with E-state index in [0.717, 1.165) is 12.8 Å². The van der Waals surface area contributed by atoms with Crippen LogP contribution in [0.2, 0.25) is 0 Å². The molecular weight excluding hydrogens is 456 g/mol. The molecule has 4 aromatic rings. The minimum atomic E-state index is 0.500. The minimum absolute atomic E-state index is 0.500. The summed E-state index contributed by atoms with van der Waals surface area (Å²) in [6, 6.07) is 32.1. The highest BCUT2D eigenvalue weighted by molar-refractivity contribution is 5.79. The van der Waals surface area contributed by atoms with Gasteiger partial charge in [0.2, 0.25) is 0 Å². The molecule has 0 heterocycles. The topological polar surface area (TPSA) is 0 Å². The van der Waals surface area contributed by atoms with Crippen molar-refractivity contribution in [2.45, 2.75) is 58.3 Å². The van der Waals surface area contributed by atoms with E-state index in [4.69, 9.17) is 0 Å². The highest BCUT2D eigenvalue weighted by Crippen LogP contribution is 2.47. The van der Waals surface area contributed by atoms with Gasteiger partial charge in [-0.25, -0.2) is 0 Å². The van der Waals surface area contributed by atoms with Crippen molar-refractivity contribution in [2.24, 2.45) is 5.92 Å². The monoisotopic (exact) mass is 492 g/mol. The second kappa shape index (κ2) is 9.28. The quantitative estimate of drug-likeness (QED) is 0.217. The van der Waals surface area contributed by atoms with Gasteiger partial charge in [-0.15, -0.1) is 0 Å². The van der Waals surface area contributed by atoms with E-state index < -0.39 is 0 Å². The van der Waals surface area contributed by atoms with E-state index in [1.807, 2.05) is 0 Å². The molecule has 3 aliphatic rings. The van der Waals surface area contributed by atoms with Gasteiger partial charge >= 0.3 is 0 Å². The molecule has 0 saturated heterocycles. The van der Waals surface area contributed by atoms with Crippen LogP contribution in [0.1, 0.15) is 78.8 Å². The van der Waals surface area contributed by atoms with Crippen LogP contribution >= 0.6 is 0 Å². The average molecular weight is 493 g/mol. The van der Waals surface area contributed by atoms with Crippen molar-refractivity contribution in [3.63, 3.8) is 0 Å². The molecule has 0 bridgehead atoms. The van der Waals surface area contributed by atoms with Crippen LogP contribution in [0.5, 0.6) is 0 Å². The second-order valence-electron chi connectivity index (χ2n) is 11.9. The molecule has 0 saturated carbocycles. The zero-order valence-corrected chi connectivity index (χ0v) is 22.8. The summed E-state index contributed by atoms with van der Waals surface area (Å²) in [6.45, 7) is 7.05. The van der Waals surface area contributed by atoms with Gasteiger partial charge in [-0.05, 0) is 113 Å². The van der Waals surface area contributed by atoms with Crippen molar-refractivity contribution in [1.29, 1.82) is 0 Å². The van der Waals surface area contributed by atoms with E-state index in [9.17, 15) is 0 Å². The van der Waals surface area contributed by atoms with Gasteiger partial charge in [0.25, 0.3) is 0 Å². The molecular formula is C38H36. The maximum absolute atomic E-state index is 2.50. The molecule has 3 aliphatic carbocycles. The van der Waals surface area contributed by atoms with Gasteiger partial charge in [-0.1, -0.05) is 115 Å². The molecule has 3 atom stereocenters. The third-order valence-corrected chi connectivity index (χ3v) is 9.43. The molecule has 3 unspecified atom stereocenters. The Labute approximate surface area is 227 Å². The lowest BCUT2D eigenvalue weighted by Crippen LogP contribution is -2.12. The number of allylic oxidation sites excluding steroid dienone is 4. The Balaban J connectivity index is 1.26. The van der Waals surface area contributed by atoms with Gasteiger partial charge in [0.15, 0.2) is 0 Å². The lowest BCUT2D eigenvalue weighted by atomic mass is 9.77. The molecule has 0 heteroatoms. The second-order valence-corrected chi connectivity index (χ2v) is 11.9. The Morgan fingerprint density at radius 3 is 1.82 bits per heavy atom. The first kappa shape index (κ1) is 23.5. The van der Waals surface area contributed by atoms with Gasteiger partial charge in [0.05, 0.1) is 0 Å². The van der Waals surface area contributed by atoms with E-state index in [-0.39, 0.29) is 0 Å². The Kier molecular flexibility index (Phi) is 5.73. The third-order valence-electron chi connectivity index (χ3n) is 9.43. The predicted molar refractivity (Wildman–Crippen MR) is 161 cm³/mol. The average Bonchev–Trinajstić information content (AvgIpc) is 3.60. The molecule has 0 amide bonds. The molecule has 188 valence electrons. The number of hydrogen-bond donors (Lipinski definition) is 0. The van der Waals surface area contributed by atoms with Gasteiger partial charge in [-0.2, -0.15) is 0 Å². The van der Waals surface area contributed by atoms with E-state index in [1.165, 1.54) is 57.4 Å². The molecule has 4 aromatic carbocycles. The molecule has 0 aliphatic heterocycles. The molecule has 0 nitrogen and oxygen atoms in total. The van der Waals surface area contributed by atoms with Crippen LogP contribution in [0.15, 0.2) is 108 Å². The van der Waals surface area contributed by atoms with Crippen LogP contribution in [-0.2, 0) is 12.8 Å². The number of rotatable bonds is 6. The van der Waals surface area contributed by atoms with E-state index >= 15 is 0 Å². The zero-order chi connectivity index (χ0) is 25.8. The van der Waals surface area contributed by atoms with Crippen LogP contribution in [0.3, 0.4) is 0 Å². The lowest BCUT2D eigenvalue weighted by Gasteiger charge is -2.28. The first-order valence-electron chi connectivity index (χ1n) is 14.3. The van der Waals surface area contributed by atoms with Crippen LogP contribution in [0, 0.1) is 5.92 Å². The van der Waals surface area contributed by atoms with E-state index in [0.29, 0.717) is 17.8 Å². The molecule has 0 aromatic heterocycles. The van der Waals surface area contributed by atoms with Crippen LogP contribution < -0.4 is 0 Å². The number of fused-ring (bicyclic) bond motifs is 6. The van der Waals surface area contributed by atoms with Crippen LogP contribution in [0.4, 0.5) is 0 Å². The zero-order valence-electron chi connectivity index (χ0n) is 22.8. The molecule has 0 radical (unpaired) electrons. The van der Waals surface area contributed by atoms with Gasteiger partial charge < -0.3 is 0 Å². The molecule has 38 heavy (non-hydrogen) atoms. The van der Waals surface area contributed by atoms with Crippen LogP contribution in [0.25, 0.3) is 22.3 Å². The fraction of sp³-hybridized carbons (Fsp3) is 0.263. The summed E-state index contributed by atoms with van der Waals surface area (Å²) in [6.07, 6.45) is 9.39. The molecule has 7 rings (SSSR count). The summed E-state index contributed by atoms with van der Waals surface area (Å²) in [5.41, 5.74) is 17.9. The van der Waals surface area contributed by atoms with Crippen molar-refractivity contribution in [2.75, 3.05) is 0 Å². The van der Waals surface area contributed by atoms with Gasteiger partial charge in [0, 0.05) is 0 Å². The maximum atomic E-state index is 2.50. The van der Waals surface area contributed by atoms with Crippen molar-refractivity contribution < 1.29 is 0 Å². The number of benzene rings is 4. The number of hydrogen-bond acceptors (Lipinski definition) is 0. The SMILES string of the molecule is CC1=CC(CC(CC(C)c2cccc3c2Cc2ccccc2-3)c2cccc3c2Cc2ccccc2-3)C(C)=C1. The molecule has 0 fully saturated rings. The lowest BCUT2D eigenvalue weighted by molar-refractivity contribution is 0.485. The van der Waals surface area contributed by atoms with Crippen molar-refractivity contribution in [1.82, 2.24) is 0 Å². The standard InChI is InChI=1S/C38H36/c1-24-18-25(2)29(19-24)21-30(34-15-9-17-36-33-13-7-5-11-28(33)23-38(34)36)20-26(3)31-14-8-16-35-32-12-6-4-10-27(32)22-37(31)35/h4-19,26,29-30H,20-23H2,1-3H3. The first-order valence-corrected chi connectivity index (χ1v) is 14.3.